The molecule has 1 N–H and O–H groups in total. The van der Waals surface area contributed by atoms with Gasteiger partial charge in [-0.15, -0.1) is 0 Å². The zero-order valence-electron chi connectivity index (χ0n) is 12.1. The smallest absolute Gasteiger partial charge is 0.0722 e. The zero-order chi connectivity index (χ0) is 13.4. The molecule has 1 aliphatic rings. The Hall–Kier alpha value is -0.830. The third-order valence-electron chi connectivity index (χ3n) is 4.32. The van der Waals surface area contributed by atoms with Crippen molar-refractivity contribution in [1.82, 2.24) is 9.78 Å². The fourth-order valence-corrected chi connectivity index (χ4v) is 3.59. The Morgan fingerprint density at radius 3 is 2.72 bits per heavy atom. The van der Waals surface area contributed by atoms with Crippen LogP contribution in [0.2, 0.25) is 0 Å². The van der Waals surface area contributed by atoms with Crippen LogP contribution >= 0.6 is 0 Å². The van der Waals surface area contributed by atoms with Gasteiger partial charge in [0.2, 0.25) is 0 Å². The van der Waals surface area contributed by atoms with Gasteiger partial charge >= 0.3 is 0 Å². The number of aromatic nitrogens is 2. The molecule has 18 heavy (non-hydrogen) atoms. The summed E-state index contributed by atoms with van der Waals surface area (Å²) in [6.07, 6.45) is 9.09. The van der Waals surface area contributed by atoms with Crippen LogP contribution in [0.3, 0.4) is 0 Å². The van der Waals surface area contributed by atoms with Crippen LogP contribution < -0.4 is 0 Å². The summed E-state index contributed by atoms with van der Waals surface area (Å²) in [5, 5.41) is 15.3. The number of hydrogen-bond donors (Lipinski definition) is 1. The van der Waals surface area contributed by atoms with E-state index in [9.17, 15) is 5.11 Å². The first-order valence-electron chi connectivity index (χ1n) is 7.01. The molecular weight excluding hydrogens is 224 g/mol. The van der Waals surface area contributed by atoms with Crippen LogP contribution in [0.1, 0.15) is 52.0 Å². The molecule has 1 aliphatic carbocycles. The van der Waals surface area contributed by atoms with Crippen LogP contribution in [0.25, 0.3) is 0 Å². The summed E-state index contributed by atoms with van der Waals surface area (Å²) >= 11 is 0. The summed E-state index contributed by atoms with van der Waals surface area (Å²) in [6, 6.07) is 0. The molecule has 0 amide bonds. The second-order valence-corrected chi connectivity index (χ2v) is 6.97. The van der Waals surface area contributed by atoms with E-state index in [0.717, 1.165) is 31.2 Å². The molecule has 1 saturated carbocycles. The summed E-state index contributed by atoms with van der Waals surface area (Å²) < 4.78 is 1.81. The topological polar surface area (TPSA) is 38.0 Å². The lowest BCUT2D eigenvalue weighted by Gasteiger charge is -2.47. The molecule has 1 fully saturated rings. The normalized spacial score (nSPS) is 29.5. The third-order valence-corrected chi connectivity index (χ3v) is 4.32. The lowest BCUT2D eigenvalue weighted by atomic mass is 9.62. The Morgan fingerprint density at radius 2 is 2.17 bits per heavy atom. The molecule has 0 aliphatic heterocycles. The minimum absolute atomic E-state index is 0.164. The molecule has 0 aromatic carbocycles. The first kappa shape index (κ1) is 13.6. The molecule has 102 valence electrons. The number of rotatable bonds is 2. The first-order chi connectivity index (χ1) is 8.31. The minimum Gasteiger partial charge on any atom is -0.389 e. The SMILES string of the molecule is Cn1cc(CC2(O)CCCCC2C(C)(C)C)cn1. The van der Waals surface area contributed by atoms with Crippen LogP contribution in [-0.2, 0) is 13.5 Å². The molecule has 1 aromatic rings. The minimum atomic E-state index is -0.556. The monoisotopic (exact) mass is 250 g/mol. The fourth-order valence-electron chi connectivity index (χ4n) is 3.59. The second-order valence-electron chi connectivity index (χ2n) is 6.97. The lowest BCUT2D eigenvalue weighted by molar-refractivity contribution is -0.0889. The third kappa shape index (κ3) is 2.77. The van der Waals surface area contributed by atoms with Gasteiger partial charge in [0.1, 0.15) is 0 Å². The van der Waals surface area contributed by atoms with Crippen molar-refractivity contribution in [2.75, 3.05) is 0 Å². The van der Waals surface area contributed by atoms with E-state index in [1.807, 2.05) is 24.1 Å². The fraction of sp³-hybridized carbons (Fsp3) is 0.800. The van der Waals surface area contributed by atoms with Crippen LogP contribution in [0.15, 0.2) is 12.4 Å². The average molecular weight is 250 g/mol. The summed E-state index contributed by atoms with van der Waals surface area (Å²) in [6.45, 7) is 6.74. The van der Waals surface area contributed by atoms with Gasteiger partial charge in [-0.1, -0.05) is 33.6 Å². The molecule has 2 rings (SSSR count). The van der Waals surface area contributed by atoms with E-state index in [1.165, 1.54) is 6.42 Å². The number of aliphatic hydroxyl groups is 1. The highest BCUT2D eigenvalue weighted by atomic mass is 16.3. The molecular formula is C15H26N2O. The van der Waals surface area contributed by atoms with E-state index in [-0.39, 0.29) is 5.41 Å². The van der Waals surface area contributed by atoms with E-state index < -0.39 is 5.60 Å². The summed E-state index contributed by atoms with van der Waals surface area (Å²) in [5.41, 5.74) is 0.757. The Morgan fingerprint density at radius 1 is 1.44 bits per heavy atom. The Balaban J connectivity index is 2.20. The van der Waals surface area contributed by atoms with Gasteiger partial charge in [0.25, 0.3) is 0 Å². The van der Waals surface area contributed by atoms with Crippen molar-refractivity contribution in [3.8, 4) is 0 Å². The molecule has 1 aromatic heterocycles. The highest BCUT2D eigenvalue weighted by Crippen LogP contribution is 2.45. The van der Waals surface area contributed by atoms with E-state index in [4.69, 9.17) is 0 Å². The lowest BCUT2D eigenvalue weighted by Crippen LogP contribution is -2.48. The number of hydrogen-bond acceptors (Lipinski definition) is 2. The average Bonchev–Trinajstić information content (AvgIpc) is 2.62. The van der Waals surface area contributed by atoms with Crippen LogP contribution in [-0.4, -0.2) is 20.5 Å². The van der Waals surface area contributed by atoms with E-state index >= 15 is 0 Å². The van der Waals surface area contributed by atoms with Gasteiger partial charge in [-0.25, -0.2) is 0 Å². The van der Waals surface area contributed by atoms with Crippen LogP contribution in [0, 0.1) is 11.3 Å². The maximum Gasteiger partial charge on any atom is 0.0722 e. The van der Waals surface area contributed by atoms with Crippen molar-refractivity contribution >= 4 is 0 Å². The van der Waals surface area contributed by atoms with E-state index in [1.54, 1.807) is 0 Å². The van der Waals surface area contributed by atoms with Crippen molar-refractivity contribution < 1.29 is 5.11 Å². The van der Waals surface area contributed by atoms with Crippen LogP contribution in [0.5, 0.6) is 0 Å². The van der Waals surface area contributed by atoms with Crippen molar-refractivity contribution in [3.63, 3.8) is 0 Å². The second kappa shape index (κ2) is 4.69. The maximum atomic E-state index is 11.1. The van der Waals surface area contributed by atoms with E-state index in [2.05, 4.69) is 25.9 Å². The summed E-state index contributed by atoms with van der Waals surface area (Å²) in [5.74, 6) is 0.374. The quantitative estimate of drug-likeness (QED) is 0.876. The molecule has 1 heterocycles. The molecule has 0 spiro atoms. The Kier molecular flexibility index (Phi) is 3.54. The summed E-state index contributed by atoms with van der Waals surface area (Å²) in [7, 11) is 1.93. The predicted octanol–water partition coefficient (Wildman–Crippen LogP) is 2.93. The molecule has 3 nitrogen and oxygen atoms in total. The van der Waals surface area contributed by atoms with Gasteiger partial charge in [-0.2, -0.15) is 5.10 Å². The molecule has 2 atom stereocenters. The molecule has 0 radical (unpaired) electrons. The molecule has 0 saturated heterocycles. The molecule has 2 unspecified atom stereocenters. The summed E-state index contributed by atoms with van der Waals surface area (Å²) in [4.78, 5) is 0. The van der Waals surface area contributed by atoms with Gasteiger partial charge < -0.3 is 5.11 Å². The van der Waals surface area contributed by atoms with Gasteiger partial charge in [0, 0.05) is 19.7 Å². The van der Waals surface area contributed by atoms with Gasteiger partial charge in [0.05, 0.1) is 11.8 Å². The molecule has 0 bridgehead atoms. The van der Waals surface area contributed by atoms with Crippen molar-refractivity contribution in [2.24, 2.45) is 18.4 Å². The van der Waals surface area contributed by atoms with Gasteiger partial charge in [0.15, 0.2) is 0 Å². The van der Waals surface area contributed by atoms with Crippen LogP contribution in [0.4, 0.5) is 0 Å². The Bertz CT molecular complexity index is 405. The number of nitrogens with zero attached hydrogens (tertiary/aromatic N) is 2. The van der Waals surface area contributed by atoms with Gasteiger partial charge in [-0.3, -0.25) is 4.68 Å². The van der Waals surface area contributed by atoms with E-state index in [0.29, 0.717) is 5.92 Å². The highest BCUT2D eigenvalue weighted by Gasteiger charge is 2.44. The Labute approximate surface area is 110 Å². The standard InChI is InChI=1S/C15H26N2O/c1-14(2,3)13-7-5-6-8-15(13,18)9-12-10-16-17(4)11-12/h10-11,13,18H,5-9H2,1-4H3. The zero-order valence-corrected chi connectivity index (χ0v) is 12.1. The maximum absolute atomic E-state index is 11.1. The molecule has 3 heteroatoms. The van der Waals surface area contributed by atoms with Crippen molar-refractivity contribution in [1.29, 1.82) is 0 Å². The largest absolute Gasteiger partial charge is 0.389 e. The van der Waals surface area contributed by atoms with Crippen molar-refractivity contribution in [3.05, 3.63) is 18.0 Å². The van der Waals surface area contributed by atoms with Crippen molar-refractivity contribution in [2.45, 2.75) is 58.5 Å². The first-order valence-corrected chi connectivity index (χ1v) is 7.01. The number of aryl methyl sites for hydroxylation is 1. The predicted molar refractivity (Wildman–Crippen MR) is 73.3 cm³/mol. The van der Waals surface area contributed by atoms with Gasteiger partial charge in [-0.05, 0) is 29.7 Å². The highest BCUT2D eigenvalue weighted by molar-refractivity contribution is 5.11.